The van der Waals surface area contributed by atoms with Crippen LogP contribution in [0.2, 0.25) is 0 Å². The average Bonchev–Trinajstić information content (AvgIpc) is 3.62. The van der Waals surface area contributed by atoms with Gasteiger partial charge in [0.25, 0.3) is 0 Å². The maximum atomic E-state index is 2.57. The number of benzene rings is 11. The van der Waals surface area contributed by atoms with Gasteiger partial charge in [-0.15, -0.1) is 0 Å². The van der Waals surface area contributed by atoms with Crippen molar-refractivity contribution in [3.05, 3.63) is 205 Å². The molecule has 0 fully saturated rings. The van der Waals surface area contributed by atoms with E-state index >= 15 is 0 Å². The van der Waals surface area contributed by atoms with Gasteiger partial charge in [-0.2, -0.15) is 0 Å². The van der Waals surface area contributed by atoms with Gasteiger partial charge in [0.05, 0.1) is 0 Å². The first-order valence-electron chi connectivity index (χ1n) is 22.6. The molecule has 0 atom stereocenters. The minimum Gasteiger partial charge on any atom is -0.0616 e. The molecule has 11 aromatic rings. The fourth-order valence-corrected chi connectivity index (χ4v) is 12.6. The molecule has 0 nitrogen and oxygen atoms in total. The molecule has 0 saturated carbocycles. The Morgan fingerprint density at radius 1 is 0.286 bits per heavy atom. The Morgan fingerprint density at radius 2 is 0.698 bits per heavy atom. The quantitative estimate of drug-likeness (QED) is 0.123. The zero-order valence-electron chi connectivity index (χ0n) is 37.0. The van der Waals surface area contributed by atoms with Crippen LogP contribution in [0, 0.1) is 10.8 Å². The van der Waals surface area contributed by atoms with Crippen LogP contribution in [-0.4, -0.2) is 0 Å². The second-order valence-electron chi connectivity index (χ2n) is 20.0. The molecule has 0 spiro atoms. The summed E-state index contributed by atoms with van der Waals surface area (Å²) in [5.41, 5.74) is 12.8. The second-order valence-corrected chi connectivity index (χ2v) is 20.0. The molecule has 63 heavy (non-hydrogen) atoms. The fourth-order valence-electron chi connectivity index (χ4n) is 12.6. The zero-order valence-corrected chi connectivity index (χ0v) is 37.0. The van der Waals surface area contributed by atoms with Crippen molar-refractivity contribution in [3.63, 3.8) is 0 Å². The molecular formula is C63H50. The molecule has 0 radical (unpaired) electrons. The lowest BCUT2D eigenvalue weighted by atomic mass is 9.49. The lowest BCUT2D eigenvalue weighted by Crippen LogP contribution is -2.50. The number of hydrogen-bond donors (Lipinski definition) is 0. The van der Waals surface area contributed by atoms with Crippen LogP contribution in [0.4, 0.5) is 0 Å². The normalized spacial score (nSPS) is 13.7. The first kappa shape index (κ1) is 37.7. The van der Waals surface area contributed by atoms with E-state index < -0.39 is 0 Å². The van der Waals surface area contributed by atoms with E-state index in [1.165, 1.54) is 120 Å². The van der Waals surface area contributed by atoms with E-state index in [1.54, 1.807) is 0 Å². The minimum atomic E-state index is -0.264. The van der Waals surface area contributed by atoms with Crippen molar-refractivity contribution >= 4 is 64.6 Å². The summed E-state index contributed by atoms with van der Waals surface area (Å²) in [6, 6.07) is 73.3. The Morgan fingerprint density at radius 3 is 1.30 bits per heavy atom. The van der Waals surface area contributed by atoms with Gasteiger partial charge >= 0.3 is 0 Å². The average molecular weight is 807 g/mol. The predicted octanol–water partition coefficient (Wildman–Crippen LogP) is 18.0. The molecule has 0 amide bonds. The van der Waals surface area contributed by atoms with Crippen molar-refractivity contribution in [1.29, 1.82) is 0 Å². The number of hydrogen-bond acceptors (Lipinski definition) is 0. The first-order valence-corrected chi connectivity index (χ1v) is 22.6. The standard InChI is InChI=1S/C63H50/c1-61(2,3)63(62(4,5)6)56-38-46-36-42(31-32-43(46)37-55(56)59-49-24-11-9-22-47(49)48-23-10-16-29-54(48)60(59)63)41-20-17-21-44(35-41)57-50-25-12-14-27-52(50)58(53-28-15-13-26-51(53)57)45-33-30-39-18-7-8-19-40(39)34-45/h7-38H,1-6H3. The Kier molecular flexibility index (Phi) is 8.08. The summed E-state index contributed by atoms with van der Waals surface area (Å²) in [6.07, 6.45) is 0. The van der Waals surface area contributed by atoms with Gasteiger partial charge in [-0.25, -0.2) is 0 Å². The third-order valence-corrected chi connectivity index (χ3v) is 14.7. The van der Waals surface area contributed by atoms with E-state index in [0.717, 1.165) is 0 Å². The SMILES string of the molecule is CC(C)(C)C1(C(C)(C)C)c2cc3cc(-c4cccc(-c5c6ccccc6c(-c6ccc7ccccc7c6)c6ccccc56)c4)ccc3cc2-c2c1c1ccccc1c1ccccc21. The third kappa shape index (κ3) is 5.34. The molecular weight excluding hydrogens is 757 g/mol. The topological polar surface area (TPSA) is 0 Å². The summed E-state index contributed by atoms with van der Waals surface area (Å²) >= 11 is 0. The van der Waals surface area contributed by atoms with Crippen LogP contribution in [0.15, 0.2) is 194 Å². The summed E-state index contributed by atoms with van der Waals surface area (Å²) in [5.74, 6) is 0. The largest absolute Gasteiger partial charge is 0.0616 e. The summed E-state index contributed by atoms with van der Waals surface area (Å²) in [6.45, 7) is 14.8. The lowest BCUT2D eigenvalue weighted by Gasteiger charge is -2.53. The van der Waals surface area contributed by atoms with Gasteiger partial charge in [0, 0.05) is 5.41 Å². The lowest BCUT2D eigenvalue weighted by molar-refractivity contribution is 0.0965. The van der Waals surface area contributed by atoms with Gasteiger partial charge < -0.3 is 0 Å². The van der Waals surface area contributed by atoms with Crippen molar-refractivity contribution in [3.8, 4) is 44.5 Å². The highest BCUT2D eigenvalue weighted by Gasteiger charge is 2.58. The Hall–Kier alpha value is -7.02. The fraction of sp³-hybridized carbons (Fsp3) is 0.143. The molecule has 12 rings (SSSR count). The van der Waals surface area contributed by atoms with Crippen LogP contribution in [0.5, 0.6) is 0 Å². The van der Waals surface area contributed by atoms with Crippen molar-refractivity contribution in [2.24, 2.45) is 10.8 Å². The van der Waals surface area contributed by atoms with E-state index in [-0.39, 0.29) is 16.2 Å². The van der Waals surface area contributed by atoms with Crippen LogP contribution in [-0.2, 0) is 5.41 Å². The molecule has 0 aliphatic heterocycles. The first-order chi connectivity index (χ1) is 30.5. The number of fused-ring (bicyclic) bond motifs is 12. The van der Waals surface area contributed by atoms with Crippen molar-refractivity contribution in [2.75, 3.05) is 0 Å². The van der Waals surface area contributed by atoms with E-state index in [9.17, 15) is 0 Å². The van der Waals surface area contributed by atoms with Crippen LogP contribution < -0.4 is 0 Å². The van der Waals surface area contributed by atoms with Gasteiger partial charge in [0.15, 0.2) is 0 Å². The second kappa shape index (κ2) is 13.5. The zero-order chi connectivity index (χ0) is 42.8. The van der Waals surface area contributed by atoms with Gasteiger partial charge in [0.2, 0.25) is 0 Å². The minimum absolute atomic E-state index is 0.0918. The molecule has 0 aromatic heterocycles. The molecule has 0 bridgehead atoms. The van der Waals surface area contributed by atoms with Gasteiger partial charge in [-0.05, 0) is 161 Å². The van der Waals surface area contributed by atoms with Crippen LogP contribution in [0.25, 0.3) is 109 Å². The number of rotatable bonds is 3. The maximum absolute atomic E-state index is 2.57. The third-order valence-electron chi connectivity index (χ3n) is 14.7. The molecule has 0 unspecified atom stereocenters. The van der Waals surface area contributed by atoms with Gasteiger partial charge in [0.1, 0.15) is 0 Å². The van der Waals surface area contributed by atoms with Crippen molar-refractivity contribution in [2.45, 2.75) is 47.0 Å². The summed E-state index contributed by atoms with van der Waals surface area (Å²) in [4.78, 5) is 0. The molecule has 0 saturated heterocycles. The Balaban J connectivity index is 1.06. The summed E-state index contributed by atoms with van der Waals surface area (Å²) < 4.78 is 0. The summed E-state index contributed by atoms with van der Waals surface area (Å²) in [7, 11) is 0. The molecule has 302 valence electrons. The van der Waals surface area contributed by atoms with E-state index in [2.05, 4.69) is 236 Å². The van der Waals surface area contributed by atoms with E-state index in [1.807, 2.05) is 0 Å². The van der Waals surface area contributed by atoms with Gasteiger partial charge in [-0.1, -0.05) is 205 Å². The monoisotopic (exact) mass is 806 g/mol. The predicted molar refractivity (Wildman–Crippen MR) is 273 cm³/mol. The molecule has 11 aromatic carbocycles. The highest BCUT2D eigenvalue weighted by molar-refractivity contribution is 6.22. The van der Waals surface area contributed by atoms with Gasteiger partial charge in [-0.3, -0.25) is 0 Å². The molecule has 0 heterocycles. The van der Waals surface area contributed by atoms with Crippen LogP contribution in [0.3, 0.4) is 0 Å². The van der Waals surface area contributed by atoms with E-state index in [4.69, 9.17) is 0 Å². The highest BCUT2D eigenvalue weighted by Crippen LogP contribution is 2.67. The maximum Gasteiger partial charge on any atom is 0.0318 e. The van der Waals surface area contributed by atoms with Crippen molar-refractivity contribution < 1.29 is 0 Å². The molecule has 0 heteroatoms. The van der Waals surface area contributed by atoms with Crippen LogP contribution >= 0.6 is 0 Å². The van der Waals surface area contributed by atoms with Crippen LogP contribution in [0.1, 0.15) is 52.7 Å². The van der Waals surface area contributed by atoms with Crippen molar-refractivity contribution in [1.82, 2.24) is 0 Å². The smallest absolute Gasteiger partial charge is 0.0318 e. The highest BCUT2D eigenvalue weighted by atomic mass is 14.6. The molecule has 0 N–H and O–H groups in total. The summed E-state index contributed by atoms with van der Waals surface area (Å²) in [5, 5.41) is 15.6. The molecule has 1 aliphatic carbocycles. The van der Waals surface area contributed by atoms with E-state index in [0.29, 0.717) is 0 Å². The Bertz CT molecular complexity index is 3620. The Labute approximate surface area is 370 Å². The molecule has 1 aliphatic rings.